The molecule has 5 rings (SSSR count). The summed E-state index contributed by atoms with van der Waals surface area (Å²) in [6.45, 7) is 2.05. The molecule has 0 aliphatic carbocycles. The van der Waals surface area contributed by atoms with E-state index in [4.69, 9.17) is 0 Å². The van der Waals surface area contributed by atoms with Crippen LogP contribution in [-0.4, -0.2) is 20.9 Å². The Kier molecular flexibility index (Phi) is 4.06. The molecular formula is C24H18N4O. The molecule has 5 nitrogen and oxygen atoms in total. The Bertz CT molecular complexity index is 1250. The number of carbonyl (C=O) groups excluding carboxylic acids is 1. The van der Waals surface area contributed by atoms with Gasteiger partial charge in [-0.3, -0.25) is 4.79 Å². The fourth-order valence-corrected chi connectivity index (χ4v) is 3.49. The van der Waals surface area contributed by atoms with Gasteiger partial charge < -0.3 is 5.32 Å². The Hall–Kier alpha value is -3.99. The molecule has 0 bridgehead atoms. The van der Waals surface area contributed by atoms with Crippen molar-refractivity contribution in [3.63, 3.8) is 0 Å². The summed E-state index contributed by atoms with van der Waals surface area (Å²) < 4.78 is 1.78. The maximum atomic E-state index is 12.3. The summed E-state index contributed by atoms with van der Waals surface area (Å²) in [6.07, 6.45) is 3.83. The zero-order valence-electron chi connectivity index (χ0n) is 15.8. The van der Waals surface area contributed by atoms with E-state index in [2.05, 4.69) is 34.7 Å². The highest BCUT2D eigenvalue weighted by molar-refractivity contribution is 6.34. The molecule has 1 aliphatic heterocycles. The van der Waals surface area contributed by atoms with Gasteiger partial charge in [0, 0.05) is 22.4 Å². The van der Waals surface area contributed by atoms with E-state index >= 15 is 0 Å². The van der Waals surface area contributed by atoms with Crippen molar-refractivity contribution in [3.8, 4) is 16.9 Å². The molecule has 0 saturated carbocycles. The Morgan fingerprint density at radius 1 is 0.966 bits per heavy atom. The van der Waals surface area contributed by atoms with Crippen LogP contribution in [0, 0.1) is 6.92 Å². The maximum Gasteiger partial charge on any atom is 0.256 e. The van der Waals surface area contributed by atoms with Crippen LogP contribution >= 0.6 is 0 Å². The minimum atomic E-state index is -0.0728. The predicted octanol–water partition coefficient (Wildman–Crippen LogP) is 4.74. The fraction of sp³-hybridized carbons (Fsp3) is 0.0417. The van der Waals surface area contributed by atoms with Crippen molar-refractivity contribution in [1.29, 1.82) is 0 Å². The molecule has 1 amide bonds. The molecule has 4 aromatic rings. The van der Waals surface area contributed by atoms with Crippen molar-refractivity contribution in [2.75, 3.05) is 5.32 Å². The lowest BCUT2D eigenvalue weighted by atomic mass is 10.0. The quantitative estimate of drug-likeness (QED) is 0.524. The van der Waals surface area contributed by atoms with Crippen molar-refractivity contribution in [2.45, 2.75) is 6.92 Å². The fourth-order valence-electron chi connectivity index (χ4n) is 3.49. The zero-order chi connectivity index (χ0) is 19.8. The lowest BCUT2D eigenvalue weighted by molar-refractivity contribution is -0.110. The molecular weight excluding hydrogens is 360 g/mol. The minimum Gasteiger partial charge on any atom is -0.321 e. The van der Waals surface area contributed by atoms with Gasteiger partial charge in [-0.2, -0.15) is 0 Å². The van der Waals surface area contributed by atoms with Gasteiger partial charge in [-0.05, 0) is 42.3 Å². The molecule has 1 aliphatic rings. The third-order valence-electron chi connectivity index (χ3n) is 4.99. The molecule has 0 atom stereocenters. The van der Waals surface area contributed by atoms with Crippen molar-refractivity contribution in [3.05, 3.63) is 95.7 Å². The number of benzene rings is 3. The van der Waals surface area contributed by atoms with Gasteiger partial charge in [0.1, 0.15) is 5.69 Å². The van der Waals surface area contributed by atoms with Crippen LogP contribution < -0.4 is 5.32 Å². The molecule has 2 heterocycles. The number of rotatable bonds is 3. The second-order valence-electron chi connectivity index (χ2n) is 7.07. The summed E-state index contributed by atoms with van der Waals surface area (Å²) in [5, 5.41) is 11.4. The first-order valence-corrected chi connectivity index (χ1v) is 9.40. The summed E-state index contributed by atoms with van der Waals surface area (Å²) in [7, 11) is 0. The van der Waals surface area contributed by atoms with Gasteiger partial charge >= 0.3 is 0 Å². The van der Waals surface area contributed by atoms with Gasteiger partial charge in [0.25, 0.3) is 5.91 Å². The van der Waals surface area contributed by atoms with Crippen LogP contribution in [0.5, 0.6) is 0 Å². The third-order valence-corrected chi connectivity index (χ3v) is 4.99. The first kappa shape index (κ1) is 17.1. The van der Waals surface area contributed by atoms with Crippen LogP contribution in [-0.2, 0) is 4.79 Å². The van der Waals surface area contributed by atoms with E-state index in [9.17, 15) is 4.79 Å². The Morgan fingerprint density at radius 2 is 1.79 bits per heavy atom. The lowest BCUT2D eigenvalue weighted by Gasteiger charge is -2.01. The highest BCUT2D eigenvalue weighted by Gasteiger charge is 2.23. The Morgan fingerprint density at radius 3 is 2.62 bits per heavy atom. The number of hydrogen-bond acceptors (Lipinski definition) is 3. The van der Waals surface area contributed by atoms with Crippen molar-refractivity contribution < 1.29 is 4.79 Å². The van der Waals surface area contributed by atoms with E-state index in [1.165, 1.54) is 5.56 Å². The average molecular weight is 378 g/mol. The molecule has 0 unspecified atom stereocenters. The molecule has 0 fully saturated rings. The van der Waals surface area contributed by atoms with E-state index in [0.29, 0.717) is 5.57 Å². The van der Waals surface area contributed by atoms with E-state index in [1.807, 2.05) is 72.9 Å². The van der Waals surface area contributed by atoms with Crippen molar-refractivity contribution in [2.24, 2.45) is 0 Å². The molecule has 0 saturated heterocycles. The molecule has 3 aromatic carbocycles. The number of hydrogen-bond donors (Lipinski definition) is 1. The molecule has 0 radical (unpaired) electrons. The van der Waals surface area contributed by atoms with Crippen molar-refractivity contribution >= 4 is 23.2 Å². The first-order chi connectivity index (χ1) is 14.2. The van der Waals surface area contributed by atoms with E-state index in [-0.39, 0.29) is 5.91 Å². The van der Waals surface area contributed by atoms with Crippen molar-refractivity contribution in [1.82, 2.24) is 15.0 Å². The summed E-state index contributed by atoms with van der Waals surface area (Å²) >= 11 is 0. The number of carbonyl (C=O) groups is 1. The number of para-hydroxylation sites is 1. The number of fused-ring (bicyclic) bond motifs is 1. The van der Waals surface area contributed by atoms with Crippen LogP contribution in [0.15, 0.2) is 79.0 Å². The predicted molar refractivity (Wildman–Crippen MR) is 114 cm³/mol. The highest BCUT2D eigenvalue weighted by Crippen LogP contribution is 2.32. The third kappa shape index (κ3) is 3.23. The number of nitrogens with one attached hydrogen (secondary N) is 1. The minimum absolute atomic E-state index is 0.0728. The van der Waals surface area contributed by atoms with Gasteiger partial charge in [0.15, 0.2) is 0 Å². The second-order valence-corrected chi connectivity index (χ2v) is 7.07. The van der Waals surface area contributed by atoms with Gasteiger partial charge in [-0.15, -0.1) is 5.10 Å². The number of anilines is 1. The van der Waals surface area contributed by atoms with Crippen LogP contribution in [0.4, 0.5) is 5.69 Å². The van der Waals surface area contributed by atoms with E-state index in [1.54, 1.807) is 4.68 Å². The van der Waals surface area contributed by atoms with Gasteiger partial charge in [-0.1, -0.05) is 59.8 Å². The first-order valence-electron chi connectivity index (χ1n) is 9.40. The van der Waals surface area contributed by atoms with Gasteiger partial charge in [0.05, 0.1) is 11.9 Å². The Labute approximate surface area is 168 Å². The highest BCUT2D eigenvalue weighted by atomic mass is 16.2. The number of aromatic nitrogens is 3. The molecule has 1 aromatic heterocycles. The lowest BCUT2D eigenvalue weighted by Crippen LogP contribution is -2.03. The molecule has 140 valence electrons. The number of amides is 1. The van der Waals surface area contributed by atoms with E-state index < -0.39 is 0 Å². The molecule has 29 heavy (non-hydrogen) atoms. The molecule has 1 N–H and O–H groups in total. The topological polar surface area (TPSA) is 59.8 Å². The SMILES string of the molecule is Cc1cccc(-n2cc(-c3ccc(C=C4C(=O)Nc5ccccc54)cc3)nn2)c1. The standard InChI is InChI=1S/C24H18N4O/c1-16-5-4-6-19(13-16)28-15-23(26-27-28)18-11-9-17(10-12-18)14-21-20-7-2-3-8-22(20)25-24(21)29/h2-15H,1H3,(H,25,29). The van der Waals surface area contributed by atoms with E-state index in [0.717, 1.165) is 33.8 Å². The zero-order valence-corrected chi connectivity index (χ0v) is 15.8. The smallest absolute Gasteiger partial charge is 0.256 e. The maximum absolute atomic E-state index is 12.3. The largest absolute Gasteiger partial charge is 0.321 e. The normalized spacial score (nSPS) is 14.1. The van der Waals surface area contributed by atoms with Crippen LogP contribution in [0.25, 0.3) is 28.6 Å². The summed E-state index contributed by atoms with van der Waals surface area (Å²) in [4.78, 5) is 12.3. The number of aryl methyl sites for hydroxylation is 1. The van der Waals surface area contributed by atoms with Gasteiger partial charge in [-0.25, -0.2) is 4.68 Å². The number of nitrogens with zero attached hydrogens (tertiary/aromatic N) is 3. The summed E-state index contributed by atoms with van der Waals surface area (Å²) in [6, 6.07) is 23.8. The molecule has 5 heteroatoms. The van der Waals surface area contributed by atoms with Crippen LogP contribution in [0.2, 0.25) is 0 Å². The van der Waals surface area contributed by atoms with Crippen LogP contribution in [0.3, 0.4) is 0 Å². The molecule has 0 spiro atoms. The average Bonchev–Trinajstić information content (AvgIpc) is 3.34. The second kappa shape index (κ2) is 6.87. The monoisotopic (exact) mass is 378 g/mol. The van der Waals surface area contributed by atoms with Gasteiger partial charge in [0.2, 0.25) is 0 Å². The van der Waals surface area contributed by atoms with Crippen LogP contribution in [0.1, 0.15) is 16.7 Å². The summed E-state index contributed by atoms with van der Waals surface area (Å²) in [5.41, 5.74) is 7.36. The Balaban J connectivity index is 1.42. The summed E-state index contributed by atoms with van der Waals surface area (Å²) in [5.74, 6) is -0.0728.